The SMILES string of the molecule is CC(CCC(O)CO)=Nc1ncnc2c1ncn2[C@@H]1O[C@H](C)[C@@H](O)[C@@H]1O. The summed E-state index contributed by atoms with van der Waals surface area (Å²) in [6.07, 6.45) is -0.445. The van der Waals surface area contributed by atoms with Crippen LogP contribution in [0.5, 0.6) is 0 Å². The first kappa shape index (κ1) is 18.8. The van der Waals surface area contributed by atoms with Crippen LogP contribution in [0, 0.1) is 0 Å². The van der Waals surface area contributed by atoms with Crippen LogP contribution in [0.15, 0.2) is 17.6 Å². The van der Waals surface area contributed by atoms with Gasteiger partial charge in [-0.1, -0.05) is 0 Å². The summed E-state index contributed by atoms with van der Waals surface area (Å²) in [5, 5.41) is 38.4. The quantitative estimate of drug-likeness (QED) is 0.510. The highest BCUT2D eigenvalue weighted by atomic mass is 16.6. The van der Waals surface area contributed by atoms with E-state index in [1.165, 1.54) is 12.7 Å². The normalized spacial score (nSPS) is 28.0. The molecule has 0 amide bonds. The van der Waals surface area contributed by atoms with Crippen molar-refractivity contribution in [1.82, 2.24) is 19.5 Å². The summed E-state index contributed by atoms with van der Waals surface area (Å²) in [5.41, 5.74) is 1.61. The maximum Gasteiger partial charge on any atom is 0.183 e. The third-order valence-corrected chi connectivity index (χ3v) is 4.44. The molecule has 10 heteroatoms. The molecule has 1 fully saturated rings. The molecule has 26 heavy (non-hydrogen) atoms. The van der Waals surface area contributed by atoms with E-state index in [4.69, 9.17) is 9.84 Å². The largest absolute Gasteiger partial charge is 0.394 e. The number of imidazole rings is 1. The fourth-order valence-corrected chi connectivity index (χ4v) is 2.87. The Morgan fingerprint density at radius 3 is 2.73 bits per heavy atom. The van der Waals surface area contributed by atoms with Gasteiger partial charge in [0.15, 0.2) is 23.2 Å². The molecule has 0 radical (unpaired) electrons. The fraction of sp³-hybridized carbons (Fsp3) is 0.625. The van der Waals surface area contributed by atoms with Gasteiger partial charge in [0.1, 0.15) is 18.5 Å². The van der Waals surface area contributed by atoms with E-state index in [0.29, 0.717) is 29.8 Å². The van der Waals surface area contributed by atoms with Crippen molar-refractivity contribution < 1.29 is 25.2 Å². The number of hydrogen-bond acceptors (Lipinski definition) is 9. The molecule has 10 nitrogen and oxygen atoms in total. The lowest BCUT2D eigenvalue weighted by atomic mass is 10.1. The number of aromatic nitrogens is 4. The van der Waals surface area contributed by atoms with Crippen LogP contribution in [-0.2, 0) is 4.74 Å². The minimum atomic E-state index is -1.09. The maximum absolute atomic E-state index is 10.2. The minimum Gasteiger partial charge on any atom is -0.394 e. The number of aliphatic hydroxyl groups is 4. The molecule has 1 aliphatic heterocycles. The summed E-state index contributed by atoms with van der Waals surface area (Å²) < 4.78 is 7.17. The number of rotatable bonds is 6. The van der Waals surface area contributed by atoms with E-state index >= 15 is 0 Å². The summed E-state index contributed by atoms with van der Waals surface area (Å²) in [6.45, 7) is 3.20. The van der Waals surface area contributed by atoms with Gasteiger partial charge in [0, 0.05) is 5.71 Å². The molecule has 0 aromatic carbocycles. The first-order valence-electron chi connectivity index (χ1n) is 8.44. The molecule has 2 aromatic rings. The van der Waals surface area contributed by atoms with Crippen molar-refractivity contribution >= 4 is 22.7 Å². The van der Waals surface area contributed by atoms with Crippen LogP contribution in [-0.4, -0.2) is 76.7 Å². The second kappa shape index (κ2) is 7.72. The van der Waals surface area contributed by atoms with Gasteiger partial charge in [0.05, 0.1) is 25.1 Å². The van der Waals surface area contributed by atoms with Crippen molar-refractivity contribution in [2.45, 2.75) is 57.3 Å². The molecule has 142 valence electrons. The lowest BCUT2D eigenvalue weighted by molar-refractivity contribution is -0.0299. The van der Waals surface area contributed by atoms with Crippen LogP contribution in [0.2, 0.25) is 0 Å². The third-order valence-electron chi connectivity index (χ3n) is 4.44. The maximum atomic E-state index is 10.2. The van der Waals surface area contributed by atoms with Crippen molar-refractivity contribution in [3.8, 4) is 0 Å². The average molecular weight is 365 g/mol. The molecule has 1 aliphatic rings. The predicted molar refractivity (Wildman–Crippen MR) is 92.0 cm³/mol. The molecule has 0 aliphatic carbocycles. The molecule has 1 saturated heterocycles. The zero-order valence-electron chi connectivity index (χ0n) is 14.6. The highest BCUT2D eigenvalue weighted by Gasteiger charge is 2.42. The highest BCUT2D eigenvalue weighted by Crippen LogP contribution is 2.32. The van der Waals surface area contributed by atoms with E-state index < -0.39 is 30.6 Å². The van der Waals surface area contributed by atoms with Crippen molar-refractivity contribution in [3.05, 3.63) is 12.7 Å². The Morgan fingerprint density at radius 2 is 2.08 bits per heavy atom. The molecule has 1 unspecified atom stereocenters. The number of aliphatic imine (C=N–C) groups is 1. The van der Waals surface area contributed by atoms with Gasteiger partial charge < -0.3 is 25.2 Å². The molecule has 0 bridgehead atoms. The van der Waals surface area contributed by atoms with Gasteiger partial charge >= 0.3 is 0 Å². The molecule has 0 spiro atoms. The zero-order chi connectivity index (χ0) is 18.8. The van der Waals surface area contributed by atoms with E-state index in [1.54, 1.807) is 18.4 Å². The molecular formula is C16H23N5O5. The Morgan fingerprint density at radius 1 is 1.31 bits per heavy atom. The number of aliphatic hydroxyl groups excluding tert-OH is 4. The minimum absolute atomic E-state index is 0.288. The Labute approximate surface area is 149 Å². The second-order valence-corrected chi connectivity index (χ2v) is 6.46. The van der Waals surface area contributed by atoms with Crippen LogP contribution in [0.1, 0.15) is 32.9 Å². The molecule has 5 atom stereocenters. The van der Waals surface area contributed by atoms with Crippen molar-refractivity contribution in [2.75, 3.05) is 6.61 Å². The van der Waals surface area contributed by atoms with Gasteiger partial charge in [-0.05, 0) is 26.7 Å². The van der Waals surface area contributed by atoms with E-state index in [2.05, 4.69) is 19.9 Å². The van der Waals surface area contributed by atoms with Crippen LogP contribution >= 0.6 is 0 Å². The summed E-state index contributed by atoms with van der Waals surface area (Å²) in [7, 11) is 0. The monoisotopic (exact) mass is 365 g/mol. The Bertz CT molecular complexity index is 794. The van der Waals surface area contributed by atoms with Gasteiger partial charge in [-0.15, -0.1) is 0 Å². The van der Waals surface area contributed by atoms with Gasteiger partial charge in [0.25, 0.3) is 0 Å². The third kappa shape index (κ3) is 3.60. The summed E-state index contributed by atoms with van der Waals surface area (Å²) in [5.74, 6) is 0.367. The second-order valence-electron chi connectivity index (χ2n) is 6.46. The summed E-state index contributed by atoms with van der Waals surface area (Å²) in [4.78, 5) is 17.1. The lowest BCUT2D eigenvalue weighted by Crippen LogP contribution is -2.30. The fourth-order valence-electron chi connectivity index (χ4n) is 2.87. The molecule has 4 N–H and O–H groups in total. The molecule has 0 saturated carbocycles. The molecular weight excluding hydrogens is 342 g/mol. The standard InChI is InChI=1S/C16H23N5O5/c1-8(3-4-10(23)5-22)20-14-11-15(18-6-17-14)21(7-19-11)16-13(25)12(24)9(2)26-16/h6-7,9-10,12-13,16,22-25H,3-5H2,1-2H3/t9-,10?,12-,13+,16-/m1/s1. The van der Waals surface area contributed by atoms with Crippen LogP contribution in [0.25, 0.3) is 11.2 Å². The van der Waals surface area contributed by atoms with Gasteiger partial charge in [0.2, 0.25) is 0 Å². The topological polar surface area (TPSA) is 146 Å². The Hall–Kier alpha value is -1.98. The Balaban J connectivity index is 1.87. The summed E-state index contributed by atoms with van der Waals surface area (Å²) in [6, 6.07) is 0. The zero-order valence-corrected chi connectivity index (χ0v) is 14.6. The van der Waals surface area contributed by atoms with Crippen LogP contribution in [0.4, 0.5) is 5.82 Å². The van der Waals surface area contributed by atoms with E-state index in [9.17, 15) is 15.3 Å². The molecule has 2 aromatic heterocycles. The van der Waals surface area contributed by atoms with Crippen molar-refractivity contribution in [3.63, 3.8) is 0 Å². The summed E-state index contributed by atoms with van der Waals surface area (Å²) >= 11 is 0. The molecule has 3 rings (SSSR count). The van der Waals surface area contributed by atoms with Gasteiger partial charge in [-0.2, -0.15) is 0 Å². The predicted octanol–water partition coefficient (Wildman–Crippen LogP) is -0.309. The van der Waals surface area contributed by atoms with E-state index in [0.717, 1.165) is 5.71 Å². The number of fused-ring (bicyclic) bond motifs is 1. The molecule has 3 heterocycles. The van der Waals surface area contributed by atoms with E-state index in [-0.39, 0.29) is 6.61 Å². The van der Waals surface area contributed by atoms with Crippen LogP contribution < -0.4 is 0 Å². The lowest BCUT2D eigenvalue weighted by Gasteiger charge is -2.16. The van der Waals surface area contributed by atoms with Crippen LogP contribution in [0.3, 0.4) is 0 Å². The smallest absolute Gasteiger partial charge is 0.183 e. The highest BCUT2D eigenvalue weighted by molar-refractivity contribution is 5.89. The first-order chi connectivity index (χ1) is 12.4. The average Bonchev–Trinajstić information content (AvgIpc) is 3.17. The van der Waals surface area contributed by atoms with Gasteiger partial charge in [-0.3, -0.25) is 4.57 Å². The van der Waals surface area contributed by atoms with E-state index in [1.807, 2.05) is 0 Å². The van der Waals surface area contributed by atoms with Gasteiger partial charge in [-0.25, -0.2) is 19.9 Å². The Kier molecular flexibility index (Phi) is 5.58. The first-order valence-corrected chi connectivity index (χ1v) is 8.44. The number of nitrogens with zero attached hydrogens (tertiary/aromatic N) is 5. The number of ether oxygens (including phenoxy) is 1. The van der Waals surface area contributed by atoms with Crippen molar-refractivity contribution in [2.24, 2.45) is 4.99 Å². The number of hydrogen-bond donors (Lipinski definition) is 4. The van der Waals surface area contributed by atoms with Crippen molar-refractivity contribution in [1.29, 1.82) is 0 Å².